The molecule has 0 aliphatic rings. The maximum absolute atomic E-state index is 13.1. The van der Waals surface area contributed by atoms with E-state index in [2.05, 4.69) is 79.9 Å². The molecule has 474 valence electrons. The average Bonchev–Trinajstić information content (AvgIpc) is 3.43. The molecule has 0 saturated heterocycles. The van der Waals surface area contributed by atoms with Gasteiger partial charge in [-0.15, -0.1) is 0 Å². The number of rotatable bonds is 64. The third-order valence-electron chi connectivity index (χ3n) is 15.7. The summed E-state index contributed by atoms with van der Waals surface area (Å²) in [6, 6.07) is -0.852. The van der Waals surface area contributed by atoms with Gasteiger partial charge in [-0.25, -0.2) is 4.57 Å². The highest BCUT2D eigenvalue weighted by Gasteiger charge is 2.28. The van der Waals surface area contributed by atoms with E-state index in [9.17, 15) is 19.4 Å². The highest BCUT2D eigenvalue weighted by Crippen LogP contribution is 2.43. The molecule has 3 N–H and O–H groups in total. The van der Waals surface area contributed by atoms with Crippen LogP contribution in [0.4, 0.5) is 0 Å². The molecule has 9 heteroatoms. The first-order valence-electron chi connectivity index (χ1n) is 34.8. The molecule has 3 atom stereocenters. The topological polar surface area (TPSA) is 105 Å². The van der Waals surface area contributed by atoms with Crippen LogP contribution in [0.15, 0.2) is 72.9 Å². The number of quaternary nitrogens is 1. The number of nitrogens with one attached hydrogen (secondary N) is 1. The summed E-state index contributed by atoms with van der Waals surface area (Å²) < 4.78 is 23.8. The van der Waals surface area contributed by atoms with E-state index >= 15 is 0 Å². The molecule has 0 bridgehead atoms. The molecule has 81 heavy (non-hydrogen) atoms. The highest BCUT2D eigenvalue weighted by molar-refractivity contribution is 7.47. The lowest BCUT2D eigenvalue weighted by atomic mass is 10.0. The number of hydrogen-bond donors (Lipinski definition) is 3. The van der Waals surface area contributed by atoms with E-state index in [0.29, 0.717) is 17.4 Å². The van der Waals surface area contributed by atoms with Crippen LogP contribution in [0.25, 0.3) is 0 Å². The number of carbonyl (C=O) groups is 1. The standard InChI is InChI=1S/C72H135N2O6P/c1-6-8-10-12-14-16-18-20-22-24-26-28-30-32-34-36-38-39-41-43-45-47-49-51-53-55-57-59-61-63-65-71(75)70(69-80-81(77,78)79-68-67-74(3,4)5)73-72(76)66-64-62-60-58-56-54-52-50-48-46-44-42-40-37-35-33-31-29-27-25-23-21-19-17-15-13-11-9-7-2/h9,11,15,17,21,23,27,29,33,35,63,65,70-71,75H,6-8,10,12-14,16,18-20,22,24-26,28,30-32,34,36-62,64,66-69H2,1-5H3,(H-,73,76,77,78)/p+1/b11-9-,17-15-,23-21-,29-27-,35-33-,65-63+. The Bertz CT molecular complexity index is 1550. The third-order valence-corrected chi connectivity index (χ3v) is 16.7. The van der Waals surface area contributed by atoms with Gasteiger partial charge in [-0.05, 0) is 64.2 Å². The van der Waals surface area contributed by atoms with Crippen molar-refractivity contribution in [3.05, 3.63) is 72.9 Å². The fourth-order valence-electron chi connectivity index (χ4n) is 10.3. The second-order valence-electron chi connectivity index (χ2n) is 24.9. The molecule has 0 aromatic heterocycles. The van der Waals surface area contributed by atoms with Crippen molar-refractivity contribution in [3.8, 4) is 0 Å². The number of likely N-dealkylation sites (N-methyl/N-ethyl adjacent to an activating group) is 1. The van der Waals surface area contributed by atoms with Crippen LogP contribution in [0, 0.1) is 0 Å². The van der Waals surface area contributed by atoms with E-state index in [0.717, 1.165) is 70.6 Å². The SMILES string of the molecule is CC/C=C\C/C=C\C/C=C\C/C=C\C/C=C\CCCCCCCCCCCCCCCC(=O)NC(COP(=O)(O)OCC[N+](C)(C)C)C(O)/C=C/CCCCCCCCCCCCCCCCCCCCCCCCCCCCCC. The summed E-state index contributed by atoms with van der Waals surface area (Å²) in [4.78, 5) is 23.4. The second kappa shape index (κ2) is 62.5. The molecule has 0 aliphatic heterocycles. The number of phosphoric ester groups is 1. The fraction of sp³-hybridized carbons (Fsp3) is 0.819. The Morgan fingerprint density at radius 2 is 0.741 bits per heavy atom. The minimum Gasteiger partial charge on any atom is -0.387 e. The average molecular weight is 1160 g/mol. The van der Waals surface area contributed by atoms with E-state index in [4.69, 9.17) is 9.05 Å². The molecule has 0 fully saturated rings. The molecule has 1 amide bonds. The maximum atomic E-state index is 13.1. The molecule has 3 unspecified atom stereocenters. The van der Waals surface area contributed by atoms with Crippen molar-refractivity contribution < 1.29 is 32.9 Å². The first-order valence-corrected chi connectivity index (χ1v) is 36.3. The van der Waals surface area contributed by atoms with E-state index in [1.165, 1.54) is 238 Å². The van der Waals surface area contributed by atoms with Crippen LogP contribution in [-0.4, -0.2) is 73.4 Å². The summed E-state index contributed by atoms with van der Waals surface area (Å²) in [5, 5.41) is 14.0. The summed E-state index contributed by atoms with van der Waals surface area (Å²) in [5.41, 5.74) is 0. The predicted molar refractivity (Wildman–Crippen MR) is 355 cm³/mol. The predicted octanol–water partition coefficient (Wildman–Crippen LogP) is 22.2. The van der Waals surface area contributed by atoms with Crippen molar-refractivity contribution in [2.24, 2.45) is 0 Å². The first kappa shape index (κ1) is 78.9. The van der Waals surface area contributed by atoms with Gasteiger partial charge in [0.1, 0.15) is 13.2 Å². The van der Waals surface area contributed by atoms with Gasteiger partial charge in [0, 0.05) is 6.42 Å². The van der Waals surface area contributed by atoms with Gasteiger partial charge in [0.25, 0.3) is 0 Å². The van der Waals surface area contributed by atoms with Crippen molar-refractivity contribution in [1.29, 1.82) is 0 Å². The maximum Gasteiger partial charge on any atom is 0.472 e. The second-order valence-corrected chi connectivity index (χ2v) is 26.3. The monoisotopic (exact) mass is 1160 g/mol. The number of hydrogen-bond acceptors (Lipinski definition) is 5. The zero-order valence-corrected chi connectivity index (χ0v) is 55.2. The van der Waals surface area contributed by atoms with Gasteiger partial charge in [0.15, 0.2) is 0 Å². The summed E-state index contributed by atoms with van der Waals surface area (Å²) in [6.45, 7) is 4.74. The van der Waals surface area contributed by atoms with Crippen LogP contribution in [-0.2, 0) is 18.4 Å². The van der Waals surface area contributed by atoms with Gasteiger partial charge in [-0.2, -0.15) is 0 Å². The van der Waals surface area contributed by atoms with Crippen molar-refractivity contribution in [2.45, 2.75) is 341 Å². The number of aliphatic hydroxyl groups excluding tert-OH is 1. The van der Waals surface area contributed by atoms with Crippen LogP contribution < -0.4 is 5.32 Å². The summed E-state index contributed by atoms with van der Waals surface area (Å²) in [7, 11) is 1.58. The van der Waals surface area contributed by atoms with Crippen molar-refractivity contribution in [3.63, 3.8) is 0 Å². The molecular formula is C72H136N2O6P+. The molecule has 0 radical (unpaired) electrons. The molecule has 0 rings (SSSR count). The van der Waals surface area contributed by atoms with Crippen molar-refractivity contribution in [1.82, 2.24) is 5.32 Å². The number of aliphatic hydroxyl groups is 1. The minimum absolute atomic E-state index is 0.0599. The number of unbranched alkanes of at least 4 members (excludes halogenated alkanes) is 41. The van der Waals surface area contributed by atoms with Crippen LogP contribution in [0.5, 0.6) is 0 Å². The van der Waals surface area contributed by atoms with E-state index in [-0.39, 0.29) is 19.1 Å². The highest BCUT2D eigenvalue weighted by atomic mass is 31.2. The minimum atomic E-state index is -4.36. The zero-order chi connectivity index (χ0) is 59.1. The van der Waals surface area contributed by atoms with Crippen LogP contribution in [0.2, 0.25) is 0 Å². The van der Waals surface area contributed by atoms with Crippen molar-refractivity contribution >= 4 is 13.7 Å². The van der Waals surface area contributed by atoms with E-state index in [1.807, 2.05) is 27.2 Å². The molecule has 0 aliphatic carbocycles. The number of nitrogens with zero attached hydrogens (tertiary/aromatic N) is 1. The first-order chi connectivity index (χ1) is 39.5. The molecule has 0 heterocycles. The molecule has 0 aromatic rings. The van der Waals surface area contributed by atoms with Crippen LogP contribution in [0.1, 0.15) is 328 Å². The number of carbonyl (C=O) groups excluding carboxylic acids is 1. The Morgan fingerprint density at radius 3 is 1.09 bits per heavy atom. The lowest BCUT2D eigenvalue weighted by molar-refractivity contribution is -0.870. The third kappa shape index (κ3) is 65.3. The van der Waals surface area contributed by atoms with Gasteiger partial charge < -0.3 is 19.8 Å². The smallest absolute Gasteiger partial charge is 0.387 e. The Labute approximate surface area is 504 Å². The van der Waals surface area contributed by atoms with E-state index < -0.39 is 20.0 Å². The molecule has 0 aromatic carbocycles. The van der Waals surface area contributed by atoms with Crippen molar-refractivity contribution in [2.75, 3.05) is 40.9 Å². The van der Waals surface area contributed by atoms with Crippen LogP contribution >= 0.6 is 7.82 Å². The Hall–Kier alpha value is -2.06. The van der Waals surface area contributed by atoms with E-state index in [1.54, 1.807) is 6.08 Å². The lowest BCUT2D eigenvalue weighted by Gasteiger charge is -2.25. The Kier molecular flexibility index (Phi) is 60.9. The fourth-order valence-corrected chi connectivity index (χ4v) is 11.0. The van der Waals surface area contributed by atoms with Gasteiger partial charge >= 0.3 is 7.82 Å². The number of phosphoric acid groups is 1. The molecular weight excluding hydrogens is 1020 g/mol. The number of amides is 1. The molecule has 0 saturated carbocycles. The summed E-state index contributed by atoms with van der Waals surface area (Å²) in [6.07, 6.45) is 87.6. The van der Waals surface area contributed by atoms with Gasteiger partial charge in [0.2, 0.25) is 5.91 Å². The Balaban J connectivity index is 4.08. The molecule has 0 spiro atoms. The number of allylic oxidation sites excluding steroid dienone is 11. The van der Waals surface area contributed by atoms with Gasteiger partial charge in [-0.1, -0.05) is 331 Å². The summed E-state index contributed by atoms with van der Waals surface area (Å²) in [5.74, 6) is -0.176. The normalized spacial score (nSPS) is 14.1. The zero-order valence-electron chi connectivity index (χ0n) is 54.3. The Morgan fingerprint density at radius 1 is 0.432 bits per heavy atom. The lowest BCUT2D eigenvalue weighted by Crippen LogP contribution is -2.45. The molecule has 8 nitrogen and oxygen atoms in total. The van der Waals surface area contributed by atoms with Gasteiger partial charge in [-0.3, -0.25) is 13.8 Å². The van der Waals surface area contributed by atoms with Gasteiger partial charge in [0.05, 0.1) is 39.9 Å². The summed E-state index contributed by atoms with van der Waals surface area (Å²) >= 11 is 0. The largest absolute Gasteiger partial charge is 0.472 e. The quantitative estimate of drug-likeness (QED) is 0.0243. The van der Waals surface area contributed by atoms with Crippen LogP contribution in [0.3, 0.4) is 0 Å².